The number of carbonyl (C=O) groups is 1. The first-order chi connectivity index (χ1) is 11.2. The zero-order valence-corrected chi connectivity index (χ0v) is 13.9. The van der Waals surface area contributed by atoms with Gasteiger partial charge in [0.2, 0.25) is 5.91 Å². The van der Waals surface area contributed by atoms with Gasteiger partial charge < -0.3 is 14.8 Å². The van der Waals surface area contributed by atoms with E-state index in [2.05, 4.69) is 22.9 Å². The van der Waals surface area contributed by atoms with E-state index in [1.54, 1.807) is 19.5 Å². The number of hydrogen-bond acceptors (Lipinski definition) is 5. The minimum absolute atomic E-state index is 0.0177. The summed E-state index contributed by atoms with van der Waals surface area (Å²) in [6.07, 6.45) is 3.89. The number of amides is 1. The minimum Gasteiger partial charge on any atom is -0.493 e. The van der Waals surface area contributed by atoms with E-state index in [-0.39, 0.29) is 5.91 Å². The van der Waals surface area contributed by atoms with Crippen LogP contribution in [0.2, 0.25) is 0 Å². The minimum atomic E-state index is -0.0177. The van der Waals surface area contributed by atoms with E-state index in [0.717, 1.165) is 11.1 Å². The molecule has 2 aromatic rings. The Bertz CT molecular complexity index is 635. The second-order valence-corrected chi connectivity index (χ2v) is 5.33. The fraction of sp³-hybridized carbons (Fsp3) is 0.294. The van der Waals surface area contributed by atoms with Gasteiger partial charge in [0.05, 0.1) is 7.11 Å². The van der Waals surface area contributed by atoms with Crippen LogP contribution < -0.4 is 14.8 Å². The van der Waals surface area contributed by atoms with E-state index < -0.39 is 0 Å². The summed E-state index contributed by atoms with van der Waals surface area (Å²) in [4.78, 5) is 15.5. The van der Waals surface area contributed by atoms with E-state index in [1.807, 2.05) is 30.3 Å². The Labute approximate surface area is 141 Å². The predicted octanol–water partition coefficient (Wildman–Crippen LogP) is 2.61. The lowest BCUT2D eigenvalue weighted by molar-refractivity contribution is -0.120. The summed E-state index contributed by atoms with van der Waals surface area (Å²) in [7, 11) is 1.59. The average molecular weight is 332 g/mol. The SMILES string of the molecule is COc1cc(CNC(=O)CCS)ccc1OCc1cccnc1. The molecule has 23 heavy (non-hydrogen) atoms. The summed E-state index contributed by atoms with van der Waals surface area (Å²) in [5.74, 6) is 1.81. The highest BCUT2D eigenvalue weighted by atomic mass is 32.1. The van der Waals surface area contributed by atoms with Gasteiger partial charge in [-0.3, -0.25) is 9.78 Å². The summed E-state index contributed by atoms with van der Waals surface area (Å²) >= 11 is 4.04. The summed E-state index contributed by atoms with van der Waals surface area (Å²) < 4.78 is 11.1. The Morgan fingerprint density at radius 2 is 2.13 bits per heavy atom. The van der Waals surface area contributed by atoms with Gasteiger partial charge in [-0.05, 0) is 29.5 Å². The van der Waals surface area contributed by atoms with Crippen LogP contribution in [0.1, 0.15) is 17.5 Å². The molecule has 0 unspecified atom stereocenters. The van der Waals surface area contributed by atoms with Crippen LogP contribution in [0.4, 0.5) is 0 Å². The smallest absolute Gasteiger partial charge is 0.221 e. The normalized spacial score (nSPS) is 10.2. The van der Waals surface area contributed by atoms with Gasteiger partial charge in [0.1, 0.15) is 6.61 Å². The highest BCUT2D eigenvalue weighted by Crippen LogP contribution is 2.28. The topological polar surface area (TPSA) is 60.5 Å². The molecule has 1 amide bonds. The molecule has 0 saturated heterocycles. The highest BCUT2D eigenvalue weighted by molar-refractivity contribution is 7.80. The molecule has 0 aliphatic rings. The van der Waals surface area contributed by atoms with Gasteiger partial charge in [-0.1, -0.05) is 12.1 Å². The largest absolute Gasteiger partial charge is 0.493 e. The van der Waals surface area contributed by atoms with Crippen molar-refractivity contribution in [3.05, 3.63) is 53.9 Å². The molecule has 1 N–H and O–H groups in total. The molecule has 2 rings (SSSR count). The van der Waals surface area contributed by atoms with E-state index in [4.69, 9.17) is 9.47 Å². The molecule has 0 saturated carbocycles. The fourth-order valence-corrected chi connectivity index (χ4v) is 2.18. The molecule has 0 spiro atoms. The number of pyridine rings is 1. The summed E-state index contributed by atoms with van der Waals surface area (Å²) in [5, 5.41) is 2.84. The number of nitrogens with zero attached hydrogens (tertiary/aromatic N) is 1. The molecule has 1 aromatic carbocycles. The van der Waals surface area contributed by atoms with Crippen molar-refractivity contribution in [2.75, 3.05) is 12.9 Å². The number of methoxy groups -OCH3 is 1. The van der Waals surface area contributed by atoms with E-state index in [9.17, 15) is 4.79 Å². The van der Waals surface area contributed by atoms with Crippen LogP contribution in [0.5, 0.6) is 11.5 Å². The molecule has 6 heteroatoms. The van der Waals surface area contributed by atoms with Crippen LogP contribution in [0, 0.1) is 0 Å². The van der Waals surface area contributed by atoms with Crippen molar-refractivity contribution in [3.63, 3.8) is 0 Å². The summed E-state index contributed by atoms with van der Waals surface area (Å²) in [6.45, 7) is 0.869. The second-order valence-electron chi connectivity index (χ2n) is 4.89. The lowest BCUT2D eigenvalue weighted by Crippen LogP contribution is -2.22. The number of thiol groups is 1. The van der Waals surface area contributed by atoms with Crippen LogP contribution in [0.15, 0.2) is 42.7 Å². The molecule has 0 bridgehead atoms. The zero-order valence-electron chi connectivity index (χ0n) is 13.0. The van der Waals surface area contributed by atoms with Gasteiger partial charge in [-0.15, -0.1) is 0 Å². The van der Waals surface area contributed by atoms with Crippen LogP contribution in [-0.2, 0) is 17.9 Å². The van der Waals surface area contributed by atoms with Gasteiger partial charge >= 0.3 is 0 Å². The molecule has 5 nitrogen and oxygen atoms in total. The molecule has 0 fully saturated rings. The van der Waals surface area contributed by atoms with Crippen LogP contribution >= 0.6 is 12.6 Å². The number of rotatable bonds is 8. The first-order valence-corrected chi connectivity index (χ1v) is 7.92. The third kappa shape index (κ3) is 5.49. The highest BCUT2D eigenvalue weighted by Gasteiger charge is 2.07. The maximum absolute atomic E-state index is 11.5. The monoisotopic (exact) mass is 332 g/mol. The number of ether oxygens (including phenoxy) is 2. The third-order valence-corrected chi connectivity index (χ3v) is 3.40. The van der Waals surface area contributed by atoms with Crippen molar-refractivity contribution >= 4 is 18.5 Å². The Morgan fingerprint density at radius 1 is 1.26 bits per heavy atom. The Balaban J connectivity index is 1.97. The molecule has 0 aliphatic heterocycles. The second kappa shape index (κ2) is 9.05. The number of carbonyl (C=O) groups excluding carboxylic acids is 1. The summed E-state index contributed by atoms with van der Waals surface area (Å²) in [6, 6.07) is 9.42. The Morgan fingerprint density at radius 3 is 2.83 bits per heavy atom. The van der Waals surface area contributed by atoms with Gasteiger partial charge in [0, 0.05) is 30.9 Å². The predicted molar refractivity (Wildman–Crippen MR) is 91.9 cm³/mol. The molecular weight excluding hydrogens is 312 g/mol. The number of aromatic nitrogens is 1. The third-order valence-electron chi connectivity index (χ3n) is 3.17. The van der Waals surface area contributed by atoms with E-state index >= 15 is 0 Å². The van der Waals surface area contributed by atoms with Gasteiger partial charge in [-0.25, -0.2) is 0 Å². The van der Waals surface area contributed by atoms with Crippen LogP contribution in [-0.4, -0.2) is 23.8 Å². The Hall–Kier alpha value is -2.21. The molecule has 0 aliphatic carbocycles. The molecular formula is C17H20N2O3S. The molecule has 0 atom stereocenters. The first kappa shape index (κ1) is 17.1. The molecule has 1 heterocycles. The molecule has 122 valence electrons. The first-order valence-electron chi connectivity index (χ1n) is 7.29. The lowest BCUT2D eigenvalue weighted by Gasteiger charge is -2.12. The van der Waals surface area contributed by atoms with E-state index in [1.165, 1.54) is 0 Å². The van der Waals surface area contributed by atoms with Crippen molar-refractivity contribution < 1.29 is 14.3 Å². The fourth-order valence-electron chi connectivity index (χ4n) is 1.98. The van der Waals surface area contributed by atoms with Crippen molar-refractivity contribution in [1.82, 2.24) is 10.3 Å². The van der Waals surface area contributed by atoms with Gasteiger partial charge in [0.15, 0.2) is 11.5 Å². The number of nitrogens with one attached hydrogen (secondary N) is 1. The van der Waals surface area contributed by atoms with Crippen molar-refractivity contribution in [1.29, 1.82) is 0 Å². The van der Waals surface area contributed by atoms with Crippen molar-refractivity contribution in [2.45, 2.75) is 19.6 Å². The lowest BCUT2D eigenvalue weighted by atomic mass is 10.2. The number of hydrogen-bond donors (Lipinski definition) is 2. The quantitative estimate of drug-likeness (QED) is 0.730. The molecule has 1 aromatic heterocycles. The standard InChI is InChI=1S/C17H20N2O3S/c1-21-16-9-13(11-19-17(20)6-8-23)4-5-15(16)22-12-14-3-2-7-18-10-14/h2-5,7,9-10,23H,6,8,11-12H2,1H3,(H,19,20). The molecule has 0 radical (unpaired) electrons. The zero-order chi connectivity index (χ0) is 16.5. The van der Waals surface area contributed by atoms with Gasteiger partial charge in [0.25, 0.3) is 0 Å². The maximum Gasteiger partial charge on any atom is 0.221 e. The van der Waals surface area contributed by atoms with Crippen molar-refractivity contribution in [3.8, 4) is 11.5 Å². The van der Waals surface area contributed by atoms with Crippen molar-refractivity contribution in [2.24, 2.45) is 0 Å². The maximum atomic E-state index is 11.5. The summed E-state index contributed by atoms with van der Waals surface area (Å²) in [5.41, 5.74) is 1.93. The van der Waals surface area contributed by atoms with Crippen LogP contribution in [0.25, 0.3) is 0 Å². The van der Waals surface area contributed by atoms with Crippen LogP contribution in [0.3, 0.4) is 0 Å². The van der Waals surface area contributed by atoms with Gasteiger partial charge in [-0.2, -0.15) is 12.6 Å². The Kier molecular flexibility index (Phi) is 6.75. The van der Waals surface area contributed by atoms with E-state index in [0.29, 0.717) is 36.8 Å². The average Bonchev–Trinajstić information content (AvgIpc) is 2.59. The number of benzene rings is 1.